The predicted molar refractivity (Wildman–Crippen MR) is 108 cm³/mol. The van der Waals surface area contributed by atoms with E-state index < -0.39 is 11.2 Å². The number of aliphatic hydroxyl groups excluding tert-OH is 1. The van der Waals surface area contributed by atoms with Gasteiger partial charge in [0.15, 0.2) is 0 Å². The highest BCUT2D eigenvalue weighted by atomic mass is 19.1. The fraction of sp³-hybridized carbons (Fsp3) is 0.381. The van der Waals surface area contributed by atoms with Crippen LogP contribution in [0.15, 0.2) is 40.1 Å². The summed E-state index contributed by atoms with van der Waals surface area (Å²) in [5.74, 6) is 0.0991. The highest BCUT2D eigenvalue weighted by Gasteiger charge is 2.20. The van der Waals surface area contributed by atoms with Crippen LogP contribution < -0.4 is 16.0 Å². The Morgan fingerprint density at radius 2 is 1.90 bits per heavy atom. The molecular weight excluding hydrogens is 377 g/mol. The number of ether oxygens (including phenoxy) is 1. The van der Waals surface area contributed by atoms with Gasteiger partial charge in [0.05, 0.1) is 17.7 Å². The van der Waals surface area contributed by atoms with Gasteiger partial charge in [-0.15, -0.1) is 0 Å². The van der Waals surface area contributed by atoms with Gasteiger partial charge in [-0.25, -0.2) is 14.2 Å². The number of hydrogen-bond acceptors (Lipinski definition) is 5. The molecule has 0 spiro atoms. The minimum absolute atomic E-state index is 0.100. The second-order valence-corrected chi connectivity index (χ2v) is 7.15. The molecule has 1 aromatic carbocycles. The van der Waals surface area contributed by atoms with Crippen molar-refractivity contribution in [1.82, 2.24) is 14.1 Å². The molecule has 0 radical (unpaired) electrons. The van der Waals surface area contributed by atoms with Gasteiger partial charge in [-0.2, -0.15) is 0 Å². The van der Waals surface area contributed by atoms with Crippen LogP contribution in [-0.2, 0) is 20.0 Å². The van der Waals surface area contributed by atoms with Crippen LogP contribution in [0.4, 0.5) is 4.39 Å². The monoisotopic (exact) mass is 401 g/mol. The molecule has 0 aliphatic heterocycles. The SMILES string of the molecule is CC(C)Oc1cnc2c(c1Cc1ccc(F)cc1)c(=O)n(CCCO)c(=O)n2C. The standard InChI is InChI=1S/C21H24FN3O4/c1-13(2)29-17-12-23-19-18(16(17)11-14-5-7-15(22)8-6-14)20(27)25(9-4-10-26)21(28)24(19)3/h5-8,12-13,26H,4,9-11H2,1-3H3. The first-order valence-corrected chi connectivity index (χ1v) is 9.46. The molecule has 0 saturated carbocycles. The Morgan fingerprint density at radius 1 is 1.21 bits per heavy atom. The summed E-state index contributed by atoms with van der Waals surface area (Å²) in [5, 5.41) is 9.40. The third kappa shape index (κ3) is 4.22. The smallest absolute Gasteiger partial charge is 0.332 e. The summed E-state index contributed by atoms with van der Waals surface area (Å²) in [5.41, 5.74) is 0.675. The molecule has 8 heteroatoms. The van der Waals surface area contributed by atoms with Gasteiger partial charge in [0.25, 0.3) is 5.56 Å². The van der Waals surface area contributed by atoms with Gasteiger partial charge in [0.2, 0.25) is 0 Å². The summed E-state index contributed by atoms with van der Waals surface area (Å²) in [6.45, 7) is 3.70. The van der Waals surface area contributed by atoms with E-state index in [4.69, 9.17) is 9.84 Å². The van der Waals surface area contributed by atoms with Crippen molar-refractivity contribution in [3.8, 4) is 5.75 Å². The topological polar surface area (TPSA) is 86.3 Å². The molecule has 3 rings (SSSR count). The van der Waals surface area contributed by atoms with E-state index in [1.807, 2.05) is 13.8 Å². The zero-order valence-corrected chi connectivity index (χ0v) is 16.7. The van der Waals surface area contributed by atoms with Crippen LogP contribution in [-0.4, -0.2) is 31.9 Å². The van der Waals surface area contributed by atoms with Crippen LogP contribution >= 0.6 is 0 Å². The van der Waals surface area contributed by atoms with Crippen molar-refractivity contribution < 1.29 is 14.2 Å². The molecule has 3 aromatic rings. The van der Waals surface area contributed by atoms with E-state index in [2.05, 4.69) is 4.98 Å². The average Bonchev–Trinajstić information content (AvgIpc) is 2.68. The zero-order valence-electron chi connectivity index (χ0n) is 16.7. The van der Waals surface area contributed by atoms with Crippen LogP contribution in [0, 0.1) is 5.82 Å². The molecule has 0 aliphatic rings. The highest BCUT2D eigenvalue weighted by molar-refractivity contribution is 5.81. The molecule has 0 saturated heterocycles. The summed E-state index contributed by atoms with van der Waals surface area (Å²) >= 11 is 0. The Labute approximate surface area is 167 Å². The van der Waals surface area contributed by atoms with Gasteiger partial charge in [-0.1, -0.05) is 12.1 Å². The maximum atomic E-state index is 13.3. The van der Waals surface area contributed by atoms with Crippen LogP contribution in [0.1, 0.15) is 31.4 Å². The molecule has 0 amide bonds. The first-order chi connectivity index (χ1) is 13.8. The van der Waals surface area contributed by atoms with Crippen LogP contribution in [0.25, 0.3) is 11.0 Å². The summed E-state index contributed by atoms with van der Waals surface area (Å²) in [7, 11) is 1.55. The van der Waals surface area contributed by atoms with Crippen LogP contribution in [0.5, 0.6) is 5.75 Å². The molecule has 0 atom stereocenters. The van der Waals surface area contributed by atoms with Gasteiger partial charge in [0, 0.05) is 32.2 Å². The molecule has 0 fully saturated rings. The van der Waals surface area contributed by atoms with Crippen molar-refractivity contribution >= 4 is 11.0 Å². The Balaban J connectivity index is 2.30. The number of aliphatic hydroxyl groups is 1. The van der Waals surface area contributed by atoms with Gasteiger partial charge >= 0.3 is 5.69 Å². The Hall–Kier alpha value is -3.00. The number of aryl methyl sites for hydroxylation is 1. The van der Waals surface area contributed by atoms with Crippen molar-refractivity contribution in [2.45, 2.75) is 39.3 Å². The number of fused-ring (bicyclic) bond motifs is 1. The minimum Gasteiger partial charge on any atom is -0.489 e. The van der Waals surface area contributed by atoms with Crippen molar-refractivity contribution in [3.05, 3.63) is 68.2 Å². The van der Waals surface area contributed by atoms with Gasteiger partial charge < -0.3 is 9.84 Å². The lowest BCUT2D eigenvalue weighted by Gasteiger charge is -2.18. The first kappa shape index (κ1) is 20.7. The molecule has 0 bridgehead atoms. The maximum absolute atomic E-state index is 13.3. The number of halogens is 1. The number of aromatic nitrogens is 3. The van der Waals surface area contributed by atoms with E-state index in [9.17, 15) is 14.0 Å². The minimum atomic E-state index is -0.492. The highest BCUT2D eigenvalue weighted by Crippen LogP contribution is 2.27. The molecule has 7 nitrogen and oxygen atoms in total. The summed E-state index contributed by atoms with van der Waals surface area (Å²) < 4.78 is 21.6. The fourth-order valence-corrected chi connectivity index (χ4v) is 3.26. The largest absolute Gasteiger partial charge is 0.489 e. The normalized spacial score (nSPS) is 11.4. The second-order valence-electron chi connectivity index (χ2n) is 7.15. The Kier molecular flexibility index (Phi) is 6.12. The van der Waals surface area contributed by atoms with Crippen molar-refractivity contribution in [1.29, 1.82) is 0 Å². The van der Waals surface area contributed by atoms with Gasteiger partial charge in [0.1, 0.15) is 17.2 Å². The molecule has 1 N–H and O–H groups in total. The lowest BCUT2D eigenvalue weighted by atomic mass is 10.0. The third-order valence-corrected chi connectivity index (χ3v) is 4.62. The molecule has 2 aromatic heterocycles. The summed E-state index contributed by atoms with van der Waals surface area (Å²) in [6.07, 6.45) is 1.96. The number of pyridine rings is 1. The molecule has 0 unspecified atom stereocenters. The van der Waals surface area contributed by atoms with Gasteiger partial charge in [-0.3, -0.25) is 13.9 Å². The number of nitrogens with zero attached hydrogens (tertiary/aromatic N) is 3. The second kappa shape index (κ2) is 8.57. The van der Waals surface area contributed by atoms with E-state index >= 15 is 0 Å². The molecule has 0 aliphatic carbocycles. The average molecular weight is 401 g/mol. The van der Waals surface area contributed by atoms with E-state index in [0.29, 0.717) is 17.7 Å². The van der Waals surface area contributed by atoms with Crippen molar-refractivity contribution in [2.75, 3.05) is 6.61 Å². The summed E-state index contributed by atoms with van der Waals surface area (Å²) in [4.78, 5) is 30.1. The molecule has 29 heavy (non-hydrogen) atoms. The number of rotatable bonds is 7. The number of hydrogen-bond donors (Lipinski definition) is 1. The van der Waals surface area contributed by atoms with E-state index in [1.54, 1.807) is 19.2 Å². The molecular formula is C21H24FN3O4. The number of benzene rings is 1. The Morgan fingerprint density at radius 3 is 2.52 bits per heavy atom. The van der Waals surface area contributed by atoms with E-state index in [1.165, 1.54) is 22.9 Å². The molecule has 2 heterocycles. The van der Waals surface area contributed by atoms with E-state index in [0.717, 1.165) is 10.1 Å². The lowest BCUT2D eigenvalue weighted by molar-refractivity contribution is 0.239. The third-order valence-electron chi connectivity index (χ3n) is 4.62. The Bertz CT molecular complexity index is 1130. The zero-order chi connectivity index (χ0) is 21.1. The maximum Gasteiger partial charge on any atom is 0.332 e. The fourth-order valence-electron chi connectivity index (χ4n) is 3.26. The van der Waals surface area contributed by atoms with E-state index in [-0.39, 0.29) is 42.5 Å². The van der Waals surface area contributed by atoms with Crippen molar-refractivity contribution in [3.63, 3.8) is 0 Å². The predicted octanol–water partition coefficient (Wildman–Crippen LogP) is 1.99. The first-order valence-electron chi connectivity index (χ1n) is 9.46. The summed E-state index contributed by atoms with van der Waals surface area (Å²) in [6, 6.07) is 6.01. The van der Waals surface area contributed by atoms with Crippen LogP contribution in [0.3, 0.4) is 0 Å². The quantitative estimate of drug-likeness (QED) is 0.654. The molecule has 154 valence electrons. The lowest BCUT2D eigenvalue weighted by Crippen LogP contribution is -2.40. The van der Waals surface area contributed by atoms with Crippen LogP contribution in [0.2, 0.25) is 0 Å². The van der Waals surface area contributed by atoms with Crippen molar-refractivity contribution in [2.24, 2.45) is 7.05 Å². The van der Waals surface area contributed by atoms with Gasteiger partial charge in [-0.05, 0) is 38.0 Å².